The summed E-state index contributed by atoms with van der Waals surface area (Å²) < 4.78 is 7.29. The second kappa shape index (κ2) is 5.97. The number of amidine groups is 1. The van der Waals surface area contributed by atoms with Crippen LogP contribution in [0.25, 0.3) is 0 Å². The Morgan fingerprint density at radius 2 is 2.11 bits per heavy atom. The van der Waals surface area contributed by atoms with Gasteiger partial charge in [0.25, 0.3) is 5.84 Å². The van der Waals surface area contributed by atoms with Gasteiger partial charge in [0.05, 0.1) is 11.7 Å². The van der Waals surface area contributed by atoms with Crippen LogP contribution < -0.4 is 0 Å². The molecule has 0 N–H and O–H groups in total. The molecule has 7 nitrogen and oxygen atoms in total. The lowest BCUT2D eigenvalue weighted by Crippen LogP contribution is -2.58. The number of allylic oxidation sites excluding steroid dienone is 1. The number of imide groups is 1. The van der Waals surface area contributed by atoms with E-state index >= 15 is 0 Å². The minimum atomic E-state index is -0.513. The smallest absolute Gasteiger partial charge is 0.358 e. The van der Waals surface area contributed by atoms with Crippen molar-refractivity contribution >= 4 is 24.0 Å². The molecule has 27 heavy (non-hydrogen) atoms. The van der Waals surface area contributed by atoms with Gasteiger partial charge in [0.1, 0.15) is 12.8 Å². The highest BCUT2D eigenvalue weighted by atomic mass is 16.5. The molecule has 1 fully saturated rings. The molecule has 1 aliphatic carbocycles. The third kappa shape index (κ3) is 2.37. The van der Waals surface area contributed by atoms with Gasteiger partial charge < -0.3 is 4.52 Å². The van der Waals surface area contributed by atoms with Gasteiger partial charge >= 0.3 is 11.9 Å². The SMILES string of the molecule is CC1c2cc(on2)CN2C(=O)C3C=CC=NC3=[N+](C2=O)C2CCCC1[C@H]2C. The van der Waals surface area contributed by atoms with Crippen molar-refractivity contribution in [1.29, 1.82) is 0 Å². The predicted octanol–water partition coefficient (Wildman–Crippen LogP) is 2.73. The van der Waals surface area contributed by atoms with Crippen molar-refractivity contribution < 1.29 is 18.7 Å². The van der Waals surface area contributed by atoms with Crippen LogP contribution in [0.5, 0.6) is 0 Å². The number of nitrogens with zero attached hydrogens (tertiary/aromatic N) is 4. The lowest BCUT2D eigenvalue weighted by Gasteiger charge is -2.40. The molecular weight excluding hydrogens is 344 g/mol. The number of hydrogen-bond donors (Lipinski definition) is 0. The molecule has 5 rings (SSSR count). The maximum Gasteiger partial charge on any atom is 0.446 e. The van der Waals surface area contributed by atoms with Crippen LogP contribution in [-0.4, -0.2) is 44.7 Å². The fraction of sp³-hybridized carbons (Fsp3) is 0.550. The summed E-state index contributed by atoms with van der Waals surface area (Å²) in [5.41, 5.74) is 0.915. The van der Waals surface area contributed by atoms with E-state index in [1.54, 1.807) is 16.9 Å². The van der Waals surface area contributed by atoms with Crippen molar-refractivity contribution in [2.24, 2.45) is 22.7 Å². The molecule has 6 bridgehead atoms. The fourth-order valence-corrected chi connectivity index (χ4v) is 5.24. The van der Waals surface area contributed by atoms with Crippen molar-refractivity contribution in [3.8, 4) is 0 Å². The number of amides is 3. The minimum absolute atomic E-state index is 0.0404. The van der Waals surface area contributed by atoms with Gasteiger partial charge in [-0.3, -0.25) is 4.79 Å². The quantitative estimate of drug-likeness (QED) is 0.661. The number of rotatable bonds is 0. The van der Waals surface area contributed by atoms with E-state index in [0.29, 0.717) is 17.5 Å². The van der Waals surface area contributed by atoms with Crippen LogP contribution in [0.1, 0.15) is 50.5 Å². The van der Waals surface area contributed by atoms with E-state index < -0.39 is 5.92 Å². The molecule has 5 atom stereocenters. The first-order valence-corrected chi connectivity index (χ1v) is 9.74. The van der Waals surface area contributed by atoms with E-state index in [0.717, 1.165) is 25.0 Å². The molecule has 1 saturated carbocycles. The molecule has 0 saturated heterocycles. The number of aromatic nitrogens is 1. The lowest BCUT2D eigenvalue weighted by molar-refractivity contribution is -0.500. The van der Waals surface area contributed by atoms with Gasteiger partial charge in [-0.1, -0.05) is 25.1 Å². The van der Waals surface area contributed by atoms with Crippen molar-refractivity contribution in [1.82, 2.24) is 10.1 Å². The summed E-state index contributed by atoms with van der Waals surface area (Å²) in [6.07, 6.45) is 8.35. The monoisotopic (exact) mass is 367 g/mol. The number of carbonyl (C=O) groups is 2. The Balaban J connectivity index is 1.73. The van der Waals surface area contributed by atoms with Gasteiger partial charge in [-0.25, -0.2) is 4.79 Å². The van der Waals surface area contributed by atoms with Crippen LogP contribution in [0.2, 0.25) is 0 Å². The molecule has 3 aliphatic heterocycles. The standard InChI is InChI=1S/C20H23N4O3/c1-11-14-5-3-7-17(12(14)2)24-18-15(6-4-8-21-18)19(25)23(20(24)26)10-13-9-16(11)22-27-13/h4,6,8-9,11-12,14-15,17H,3,5,7,10H2,1-2H3/q+1/t11?,12-,14?,15?,17?/m1/s1. The topological polar surface area (TPSA) is 78.8 Å². The number of hydrogen-bond acceptors (Lipinski definition) is 5. The second-order valence-corrected chi connectivity index (χ2v) is 8.10. The average molecular weight is 367 g/mol. The molecule has 1 aromatic heterocycles. The molecule has 4 aliphatic rings. The number of dihydropyridines is 1. The van der Waals surface area contributed by atoms with Gasteiger partial charge in [0.2, 0.25) is 0 Å². The number of carbonyl (C=O) groups excluding carboxylic acids is 2. The van der Waals surface area contributed by atoms with E-state index in [4.69, 9.17) is 4.52 Å². The van der Waals surface area contributed by atoms with Crippen LogP contribution in [0.3, 0.4) is 0 Å². The van der Waals surface area contributed by atoms with Crippen molar-refractivity contribution in [2.75, 3.05) is 0 Å². The van der Waals surface area contributed by atoms with E-state index in [-0.39, 0.29) is 36.4 Å². The van der Waals surface area contributed by atoms with E-state index in [9.17, 15) is 9.59 Å². The van der Waals surface area contributed by atoms with E-state index in [1.165, 1.54) is 4.90 Å². The normalized spacial score (nSPS) is 35.2. The van der Waals surface area contributed by atoms with Gasteiger partial charge in [0, 0.05) is 12.0 Å². The first kappa shape index (κ1) is 16.6. The van der Waals surface area contributed by atoms with Crippen molar-refractivity contribution in [3.63, 3.8) is 0 Å². The molecule has 140 valence electrons. The zero-order valence-electron chi connectivity index (χ0n) is 15.5. The molecule has 4 unspecified atom stereocenters. The minimum Gasteiger partial charge on any atom is -0.358 e. The van der Waals surface area contributed by atoms with Crippen LogP contribution in [0, 0.1) is 17.8 Å². The third-order valence-corrected chi connectivity index (χ3v) is 6.74. The summed E-state index contributed by atoms with van der Waals surface area (Å²) in [6, 6.07) is 1.66. The zero-order chi connectivity index (χ0) is 18.7. The highest BCUT2D eigenvalue weighted by Crippen LogP contribution is 2.42. The van der Waals surface area contributed by atoms with Gasteiger partial charge in [-0.05, 0) is 37.2 Å². The first-order chi connectivity index (χ1) is 13.1. The van der Waals surface area contributed by atoms with Gasteiger partial charge in [0.15, 0.2) is 11.7 Å². The third-order valence-electron chi connectivity index (χ3n) is 6.74. The molecule has 3 amide bonds. The Hall–Kier alpha value is -2.57. The Morgan fingerprint density at radius 1 is 1.26 bits per heavy atom. The lowest BCUT2D eigenvalue weighted by atomic mass is 9.70. The summed E-state index contributed by atoms with van der Waals surface area (Å²) in [5.74, 6) is 1.29. The van der Waals surface area contributed by atoms with Crippen molar-refractivity contribution in [2.45, 2.75) is 51.6 Å². The summed E-state index contributed by atoms with van der Waals surface area (Å²) >= 11 is 0. The Labute approximate surface area is 157 Å². The maximum absolute atomic E-state index is 13.4. The van der Waals surface area contributed by atoms with Crippen LogP contribution in [0.15, 0.2) is 27.7 Å². The summed E-state index contributed by atoms with van der Waals surface area (Å²) in [6.45, 7) is 4.52. The second-order valence-electron chi connectivity index (χ2n) is 8.10. The molecule has 1 aromatic rings. The number of fused-ring (bicyclic) bond motifs is 8. The molecule has 0 spiro atoms. The Bertz CT molecular complexity index is 912. The molecule has 0 aromatic carbocycles. The summed E-state index contributed by atoms with van der Waals surface area (Å²) in [7, 11) is 0. The van der Waals surface area contributed by atoms with Crippen LogP contribution >= 0.6 is 0 Å². The Kier molecular flexibility index (Phi) is 3.67. The molecule has 7 heteroatoms. The maximum atomic E-state index is 13.4. The molecule has 4 heterocycles. The Morgan fingerprint density at radius 3 is 2.96 bits per heavy atom. The van der Waals surface area contributed by atoms with Gasteiger partial charge in [-0.15, -0.1) is 4.99 Å². The largest absolute Gasteiger partial charge is 0.446 e. The number of urea groups is 1. The van der Waals surface area contributed by atoms with Crippen molar-refractivity contribution in [3.05, 3.63) is 29.7 Å². The van der Waals surface area contributed by atoms with E-state index in [2.05, 4.69) is 24.0 Å². The molecular formula is C20H23N4O3+. The fourth-order valence-electron chi connectivity index (χ4n) is 5.24. The number of aliphatic imine (C=N–C) groups is 1. The van der Waals surface area contributed by atoms with E-state index in [1.807, 2.05) is 12.1 Å². The average Bonchev–Trinajstić information content (AvgIpc) is 3.14. The molecule has 0 radical (unpaired) electrons. The van der Waals surface area contributed by atoms with Crippen LogP contribution in [-0.2, 0) is 11.3 Å². The summed E-state index contributed by atoms with van der Waals surface area (Å²) in [4.78, 5) is 32.2. The van der Waals surface area contributed by atoms with Gasteiger partial charge in [-0.2, -0.15) is 9.48 Å². The first-order valence-electron chi connectivity index (χ1n) is 9.74. The predicted molar refractivity (Wildman–Crippen MR) is 97.5 cm³/mol. The zero-order valence-corrected chi connectivity index (χ0v) is 15.5. The van der Waals surface area contributed by atoms with Crippen LogP contribution in [0.4, 0.5) is 4.79 Å². The summed E-state index contributed by atoms with van der Waals surface area (Å²) in [5, 5.41) is 4.25. The highest BCUT2D eigenvalue weighted by molar-refractivity contribution is 6.14. The highest BCUT2D eigenvalue weighted by Gasteiger charge is 2.51.